The van der Waals surface area contributed by atoms with Crippen molar-refractivity contribution in [3.05, 3.63) is 33.8 Å². The fraction of sp³-hybridized carbons (Fsp3) is 0.562. The van der Waals surface area contributed by atoms with Gasteiger partial charge >= 0.3 is 0 Å². The molecule has 2 atom stereocenters. The quantitative estimate of drug-likeness (QED) is 0.858. The molecule has 2 aliphatic heterocycles. The molecule has 1 amide bonds. The van der Waals surface area contributed by atoms with Crippen molar-refractivity contribution < 1.29 is 4.79 Å². The number of nitrogens with zero attached hydrogens (tertiary/aromatic N) is 2. The summed E-state index contributed by atoms with van der Waals surface area (Å²) in [6.07, 6.45) is 1.09. The number of carbonyl (C=O) groups is 1. The van der Waals surface area contributed by atoms with E-state index >= 15 is 0 Å². The Bertz CT molecular complexity index is 575. The zero-order valence-electron chi connectivity index (χ0n) is 13.0. The molecule has 7 heteroatoms. The molecule has 2 fully saturated rings. The lowest BCUT2D eigenvalue weighted by molar-refractivity contribution is -0.119. The molecule has 0 aliphatic carbocycles. The Kier molecular flexibility index (Phi) is 5.44. The molecule has 2 aliphatic rings. The number of carbonyl (C=O) groups excluding carboxylic acids is 1. The van der Waals surface area contributed by atoms with Crippen LogP contribution in [0.1, 0.15) is 18.0 Å². The van der Waals surface area contributed by atoms with Crippen molar-refractivity contribution in [2.45, 2.75) is 18.5 Å². The Labute approximate surface area is 146 Å². The van der Waals surface area contributed by atoms with E-state index in [0.29, 0.717) is 22.6 Å². The second-order valence-corrected chi connectivity index (χ2v) is 6.99. The SMILES string of the molecule is NC(=O)CN1CCN([C@H]2CCN[C@H]2c2cccc(Cl)c2Cl)CC1. The molecule has 1 aromatic carbocycles. The van der Waals surface area contributed by atoms with Crippen LogP contribution in [0, 0.1) is 0 Å². The molecule has 5 nitrogen and oxygen atoms in total. The summed E-state index contributed by atoms with van der Waals surface area (Å²) in [4.78, 5) is 15.6. The normalized spacial score (nSPS) is 26.5. The molecule has 3 rings (SSSR count). The van der Waals surface area contributed by atoms with Crippen molar-refractivity contribution in [2.24, 2.45) is 5.73 Å². The standard InChI is InChI=1S/C16H22Cl2N4O/c17-12-3-1-2-11(15(12)18)16-13(4-5-20-16)22-8-6-21(7-9-22)10-14(19)23/h1-3,13,16,20H,4-10H2,(H2,19,23)/t13-,16-/m0/s1. The number of hydrogen-bond donors (Lipinski definition) is 2. The van der Waals surface area contributed by atoms with Crippen molar-refractivity contribution in [1.82, 2.24) is 15.1 Å². The highest BCUT2D eigenvalue weighted by molar-refractivity contribution is 6.42. The second kappa shape index (κ2) is 7.36. The van der Waals surface area contributed by atoms with Crippen molar-refractivity contribution in [1.29, 1.82) is 0 Å². The molecule has 2 heterocycles. The van der Waals surface area contributed by atoms with Gasteiger partial charge in [0.25, 0.3) is 0 Å². The minimum Gasteiger partial charge on any atom is -0.369 e. The van der Waals surface area contributed by atoms with Crippen LogP contribution in [0.4, 0.5) is 0 Å². The predicted octanol–water partition coefficient (Wildman–Crippen LogP) is 1.50. The first kappa shape index (κ1) is 17.0. The van der Waals surface area contributed by atoms with Crippen molar-refractivity contribution >= 4 is 29.1 Å². The van der Waals surface area contributed by atoms with E-state index in [1.165, 1.54) is 0 Å². The highest BCUT2D eigenvalue weighted by atomic mass is 35.5. The van der Waals surface area contributed by atoms with Gasteiger partial charge in [-0.05, 0) is 24.6 Å². The first-order chi connectivity index (χ1) is 11.1. The number of rotatable bonds is 4. The molecule has 0 spiro atoms. The number of nitrogens with two attached hydrogens (primary N) is 1. The van der Waals surface area contributed by atoms with Gasteiger partial charge in [-0.15, -0.1) is 0 Å². The Morgan fingerprint density at radius 2 is 2.00 bits per heavy atom. The molecular weight excluding hydrogens is 335 g/mol. The van der Waals surface area contributed by atoms with Crippen LogP contribution >= 0.6 is 23.2 Å². The molecule has 3 N–H and O–H groups in total. The van der Waals surface area contributed by atoms with Crippen LogP contribution in [0.2, 0.25) is 10.0 Å². The topological polar surface area (TPSA) is 61.6 Å². The minimum atomic E-state index is -0.260. The largest absolute Gasteiger partial charge is 0.369 e. The van der Waals surface area contributed by atoms with E-state index in [1.807, 2.05) is 18.2 Å². The molecule has 2 saturated heterocycles. The highest BCUT2D eigenvalue weighted by Gasteiger charge is 2.35. The number of benzene rings is 1. The van der Waals surface area contributed by atoms with Crippen LogP contribution in [0.3, 0.4) is 0 Å². The molecule has 23 heavy (non-hydrogen) atoms. The fourth-order valence-electron chi connectivity index (χ4n) is 3.63. The summed E-state index contributed by atoms with van der Waals surface area (Å²) < 4.78 is 0. The Balaban J connectivity index is 1.68. The van der Waals surface area contributed by atoms with E-state index in [0.717, 1.165) is 44.7 Å². The van der Waals surface area contributed by atoms with Gasteiger partial charge in [0.15, 0.2) is 0 Å². The van der Waals surface area contributed by atoms with Crippen LogP contribution < -0.4 is 11.1 Å². The van der Waals surface area contributed by atoms with Crippen LogP contribution in [0.25, 0.3) is 0 Å². The summed E-state index contributed by atoms with van der Waals surface area (Å²) in [5.74, 6) is -0.260. The number of halogens is 2. The third-order valence-corrected chi connectivity index (χ3v) is 5.59. The zero-order chi connectivity index (χ0) is 16.4. The second-order valence-electron chi connectivity index (χ2n) is 6.21. The summed E-state index contributed by atoms with van der Waals surface area (Å²) >= 11 is 12.6. The average molecular weight is 357 g/mol. The van der Waals surface area contributed by atoms with Crippen molar-refractivity contribution in [3.8, 4) is 0 Å². The lowest BCUT2D eigenvalue weighted by Crippen LogP contribution is -2.52. The predicted molar refractivity (Wildman–Crippen MR) is 92.8 cm³/mol. The maximum absolute atomic E-state index is 11.0. The van der Waals surface area contributed by atoms with Gasteiger partial charge in [0, 0.05) is 38.3 Å². The van der Waals surface area contributed by atoms with Gasteiger partial charge in [0.05, 0.1) is 16.6 Å². The van der Waals surface area contributed by atoms with E-state index in [1.54, 1.807) is 0 Å². The fourth-order valence-corrected chi connectivity index (χ4v) is 4.06. The van der Waals surface area contributed by atoms with E-state index in [4.69, 9.17) is 28.9 Å². The minimum absolute atomic E-state index is 0.198. The van der Waals surface area contributed by atoms with Crippen LogP contribution in [-0.2, 0) is 4.79 Å². The summed E-state index contributed by atoms with van der Waals surface area (Å²) in [6.45, 7) is 4.94. The molecular formula is C16H22Cl2N4O. The van der Waals surface area contributed by atoms with Gasteiger partial charge in [0.2, 0.25) is 5.91 Å². The summed E-state index contributed by atoms with van der Waals surface area (Å²) in [5, 5.41) is 4.80. The van der Waals surface area contributed by atoms with Gasteiger partial charge in [-0.2, -0.15) is 0 Å². The van der Waals surface area contributed by atoms with Crippen LogP contribution in [-0.4, -0.2) is 61.0 Å². The smallest absolute Gasteiger partial charge is 0.231 e. The lowest BCUT2D eigenvalue weighted by atomic mass is 9.98. The lowest BCUT2D eigenvalue weighted by Gasteiger charge is -2.39. The zero-order valence-corrected chi connectivity index (χ0v) is 14.5. The molecule has 1 aromatic rings. The molecule has 126 valence electrons. The molecule has 0 unspecified atom stereocenters. The number of hydrogen-bond acceptors (Lipinski definition) is 4. The Morgan fingerprint density at radius 1 is 1.26 bits per heavy atom. The van der Waals surface area contributed by atoms with Gasteiger partial charge in [-0.25, -0.2) is 0 Å². The number of piperazine rings is 1. The molecule has 0 bridgehead atoms. The van der Waals surface area contributed by atoms with E-state index in [9.17, 15) is 4.79 Å². The molecule has 0 aromatic heterocycles. The van der Waals surface area contributed by atoms with Crippen LogP contribution in [0.15, 0.2) is 18.2 Å². The molecule has 0 radical (unpaired) electrons. The first-order valence-corrected chi connectivity index (χ1v) is 8.74. The number of primary amides is 1. The van der Waals surface area contributed by atoms with Gasteiger partial charge in [-0.3, -0.25) is 14.6 Å². The third-order valence-electron chi connectivity index (χ3n) is 4.76. The van der Waals surface area contributed by atoms with Gasteiger partial charge in [0.1, 0.15) is 0 Å². The summed E-state index contributed by atoms with van der Waals surface area (Å²) in [5.41, 5.74) is 6.35. The monoisotopic (exact) mass is 356 g/mol. The van der Waals surface area contributed by atoms with E-state index < -0.39 is 0 Å². The van der Waals surface area contributed by atoms with Crippen molar-refractivity contribution in [2.75, 3.05) is 39.3 Å². The van der Waals surface area contributed by atoms with E-state index in [2.05, 4.69) is 15.1 Å². The summed E-state index contributed by atoms with van der Waals surface area (Å²) in [7, 11) is 0. The first-order valence-electron chi connectivity index (χ1n) is 7.98. The highest BCUT2D eigenvalue weighted by Crippen LogP contribution is 2.36. The Morgan fingerprint density at radius 3 is 2.70 bits per heavy atom. The molecule has 0 saturated carbocycles. The maximum Gasteiger partial charge on any atom is 0.231 e. The van der Waals surface area contributed by atoms with E-state index in [-0.39, 0.29) is 11.9 Å². The average Bonchev–Trinajstić information content (AvgIpc) is 2.99. The van der Waals surface area contributed by atoms with Gasteiger partial charge in [-0.1, -0.05) is 35.3 Å². The van der Waals surface area contributed by atoms with Gasteiger partial charge < -0.3 is 11.1 Å². The number of amides is 1. The Hall–Kier alpha value is -0.850. The number of nitrogens with one attached hydrogen (secondary N) is 1. The third kappa shape index (κ3) is 3.80. The van der Waals surface area contributed by atoms with Crippen LogP contribution in [0.5, 0.6) is 0 Å². The summed E-state index contributed by atoms with van der Waals surface area (Å²) in [6, 6.07) is 6.42. The van der Waals surface area contributed by atoms with Crippen molar-refractivity contribution in [3.63, 3.8) is 0 Å². The maximum atomic E-state index is 11.0.